The van der Waals surface area contributed by atoms with Gasteiger partial charge in [-0.2, -0.15) is 0 Å². The number of nitrogens with zero attached hydrogens (tertiary/aromatic N) is 2. The molecule has 0 saturated carbocycles. The fourth-order valence-electron chi connectivity index (χ4n) is 5.33. The lowest BCUT2D eigenvalue weighted by Gasteiger charge is -2.19. The molecule has 0 radical (unpaired) electrons. The van der Waals surface area contributed by atoms with Crippen molar-refractivity contribution in [1.29, 1.82) is 0 Å². The van der Waals surface area contributed by atoms with Crippen molar-refractivity contribution in [2.75, 3.05) is 45.6 Å². The van der Waals surface area contributed by atoms with Crippen LogP contribution in [0.3, 0.4) is 0 Å². The molecule has 1 aromatic heterocycles. The monoisotopic (exact) mass is 625 g/mol. The molecule has 1 aliphatic rings. The van der Waals surface area contributed by atoms with Crippen molar-refractivity contribution in [3.63, 3.8) is 0 Å². The molecule has 1 aliphatic carbocycles. The predicted octanol–water partition coefficient (Wildman–Crippen LogP) is 4.47. The second-order valence-corrected chi connectivity index (χ2v) is 11.4. The van der Waals surface area contributed by atoms with Gasteiger partial charge in [0.2, 0.25) is 28.1 Å². The van der Waals surface area contributed by atoms with Gasteiger partial charge in [0.05, 0.1) is 33.1 Å². The molecule has 236 valence electrons. The van der Waals surface area contributed by atoms with Gasteiger partial charge in [-0.15, -0.1) is 10.2 Å². The van der Waals surface area contributed by atoms with E-state index in [2.05, 4.69) is 26.1 Å². The number of benzene rings is 1. The Morgan fingerprint density at radius 2 is 1.80 bits per heavy atom. The van der Waals surface area contributed by atoms with E-state index in [9.17, 15) is 14.4 Å². The summed E-state index contributed by atoms with van der Waals surface area (Å²) in [4.78, 5) is 37.8. The molecular weight excluding hydrogens is 586 g/mol. The summed E-state index contributed by atoms with van der Waals surface area (Å²) in [5, 5.41) is 18.1. The number of carbonyl (C=O) groups excluding carboxylic acids is 2. The van der Waals surface area contributed by atoms with E-state index in [4.69, 9.17) is 18.9 Å². The van der Waals surface area contributed by atoms with Crippen LogP contribution < -0.4 is 35.6 Å². The maximum absolute atomic E-state index is 13.4. The minimum absolute atomic E-state index is 0.116. The summed E-state index contributed by atoms with van der Waals surface area (Å²) < 4.78 is 22.1. The first kappa shape index (κ1) is 32.7. The van der Waals surface area contributed by atoms with Crippen LogP contribution in [0.1, 0.15) is 61.2 Å². The first-order chi connectivity index (χ1) is 21.3. The Morgan fingerprint density at radius 1 is 1.00 bits per heavy atom. The zero-order valence-electron chi connectivity index (χ0n) is 25.7. The maximum Gasteiger partial charge on any atom is 0.226 e. The molecule has 44 heavy (non-hydrogen) atoms. The molecule has 12 nitrogen and oxygen atoms in total. The van der Waals surface area contributed by atoms with Crippen molar-refractivity contribution >= 4 is 34.0 Å². The van der Waals surface area contributed by atoms with Crippen LogP contribution in [0.4, 0.5) is 10.8 Å². The number of anilines is 2. The van der Waals surface area contributed by atoms with Crippen LogP contribution in [0.5, 0.6) is 17.2 Å². The number of nitrogens with one attached hydrogen (secondary N) is 3. The third-order valence-electron chi connectivity index (χ3n) is 7.29. The molecule has 0 bridgehead atoms. The summed E-state index contributed by atoms with van der Waals surface area (Å²) >= 11 is 1.29. The van der Waals surface area contributed by atoms with Gasteiger partial charge in [-0.05, 0) is 60.6 Å². The number of methoxy groups -OCH3 is 4. The Kier molecular flexibility index (Phi) is 11.5. The molecule has 0 spiro atoms. The molecule has 0 aliphatic heterocycles. The molecule has 2 aromatic carbocycles. The minimum Gasteiger partial charge on any atom is -0.493 e. The van der Waals surface area contributed by atoms with Crippen molar-refractivity contribution in [1.82, 2.24) is 15.5 Å². The molecule has 0 saturated heterocycles. The molecule has 1 atom stereocenters. The van der Waals surface area contributed by atoms with Gasteiger partial charge in [-0.25, -0.2) is 0 Å². The average Bonchev–Trinajstić information content (AvgIpc) is 3.30. The lowest BCUT2D eigenvalue weighted by Crippen LogP contribution is -2.26. The predicted molar refractivity (Wildman–Crippen MR) is 169 cm³/mol. The Morgan fingerprint density at radius 3 is 2.50 bits per heavy atom. The molecular formula is C31H39N5O7S. The molecule has 2 amide bonds. The van der Waals surface area contributed by atoms with Gasteiger partial charge in [-0.1, -0.05) is 23.8 Å². The van der Waals surface area contributed by atoms with E-state index in [1.165, 1.54) is 18.3 Å². The van der Waals surface area contributed by atoms with Crippen LogP contribution in [0.2, 0.25) is 0 Å². The summed E-state index contributed by atoms with van der Waals surface area (Å²) in [6.45, 7) is 2.38. The van der Waals surface area contributed by atoms with Gasteiger partial charge in [0.25, 0.3) is 0 Å². The summed E-state index contributed by atoms with van der Waals surface area (Å²) in [5.74, 6) is 1.21. The van der Waals surface area contributed by atoms with E-state index in [-0.39, 0.29) is 23.3 Å². The van der Waals surface area contributed by atoms with Crippen LogP contribution in [0.15, 0.2) is 29.1 Å². The molecule has 0 unspecified atom stereocenters. The average molecular weight is 626 g/mol. The number of rotatable bonds is 14. The normalized spacial score (nSPS) is 13.6. The largest absolute Gasteiger partial charge is 0.493 e. The number of unbranched alkanes of at least 4 members (excludes halogenated alkanes) is 2. The van der Waals surface area contributed by atoms with Gasteiger partial charge in [0.1, 0.15) is 11.6 Å². The molecule has 3 N–H and O–H groups in total. The highest BCUT2D eigenvalue weighted by atomic mass is 32.1. The lowest BCUT2D eigenvalue weighted by molar-refractivity contribution is -0.119. The smallest absolute Gasteiger partial charge is 0.226 e. The molecule has 4 rings (SSSR count). The number of carbonyl (C=O) groups is 2. The van der Waals surface area contributed by atoms with Crippen LogP contribution in [0, 0.1) is 0 Å². The first-order valence-electron chi connectivity index (χ1n) is 14.4. The summed E-state index contributed by atoms with van der Waals surface area (Å²) in [5.41, 5.74) is 3.51. The van der Waals surface area contributed by atoms with Gasteiger partial charge in [-0.3, -0.25) is 14.4 Å². The zero-order valence-corrected chi connectivity index (χ0v) is 26.5. The number of ether oxygens (including phenoxy) is 4. The number of hydrogen-bond acceptors (Lipinski definition) is 11. The van der Waals surface area contributed by atoms with E-state index in [0.717, 1.165) is 29.5 Å². The van der Waals surface area contributed by atoms with Crippen molar-refractivity contribution in [3.05, 3.63) is 50.6 Å². The zero-order chi connectivity index (χ0) is 31.6. The van der Waals surface area contributed by atoms with E-state index in [1.807, 2.05) is 12.1 Å². The summed E-state index contributed by atoms with van der Waals surface area (Å²) in [6.07, 6.45) is 3.83. The van der Waals surface area contributed by atoms with E-state index < -0.39 is 0 Å². The quantitative estimate of drug-likeness (QED) is 0.219. The Hall–Kier alpha value is -4.23. The van der Waals surface area contributed by atoms with Gasteiger partial charge >= 0.3 is 0 Å². The number of amides is 2. The molecule has 1 heterocycles. The molecule has 0 fully saturated rings. The SMILES string of the molecule is COCc1nnc(NC(=O)CCCCCNc2ccc3c(cc2=O)[C@@H](NC(C)=O)CCc2cc(OC)c(OC)c(OC)c2-3)s1. The Bertz CT molecular complexity index is 1540. The highest BCUT2D eigenvalue weighted by Gasteiger charge is 2.29. The van der Waals surface area contributed by atoms with Crippen molar-refractivity contribution < 1.29 is 28.5 Å². The number of aromatic nitrogens is 2. The van der Waals surface area contributed by atoms with Crippen molar-refractivity contribution in [2.45, 2.75) is 58.1 Å². The van der Waals surface area contributed by atoms with Gasteiger partial charge in [0, 0.05) is 32.6 Å². The second-order valence-electron chi connectivity index (χ2n) is 10.3. The standard InChI is InChI=1S/C31H39N5O7S/c1-18(37)33-22-12-10-19-15-25(41-3)29(42-4)30(43-5)28(19)20-11-13-23(24(38)16-21(20)22)32-14-8-6-7-9-26(39)34-31-36-35-27(44-31)17-40-2/h11,13,15-16,22H,6-10,12,14,17H2,1-5H3,(H,32,38)(H,33,37)(H,34,36,39)/t22-/m0/s1. The van der Waals surface area contributed by atoms with E-state index >= 15 is 0 Å². The maximum atomic E-state index is 13.4. The van der Waals surface area contributed by atoms with Crippen LogP contribution in [0.25, 0.3) is 11.1 Å². The van der Waals surface area contributed by atoms with Crippen LogP contribution in [-0.2, 0) is 27.4 Å². The third kappa shape index (κ3) is 7.83. The second kappa shape index (κ2) is 15.5. The molecule has 3 aromatic rings. The lowest BCUT2D eigenvalue weighted by atomic mass is 9.95. The third-order valence-corrected chi connectivity index (χ3v) is 8.11. The highest BCUT2D eigenvalue weighted by Crippen LogP contribution is 2.50. The van der Waals surface area contributed by atoms with Crippen LogP contribution in [-0.4, -0.2) is 57.0 Å². The van der Waals surface area contributed by atoms with Crippen molar-refractivity contribution in [3.8, 4) is 28.4 Å². The fourth-order valence-corrected chi connectivity index (χ4v) is 6.06. The minimum atomic E-state index is -0.373. The number of aryl methyl sites for hydroxylation is 1. The van der Waals surface area contributed by atoms with Crippen LogP contribution >= 0.6 is 11.3 Å². The van der Waals surface area contributed by atoms with Crippen molar-refractivity contribution in [2.24, 2.45) is 0 Å². The Balaban J connectivity index is 1.48. The summed E-state index contributed by atoms with van der Waals surface area (Å²) in [7, 11) is 6.27. The van der Waals surface area contributed by atoms with Gasteiger partial charge in [0.15, 0.2) is 11.5 Å². The Labute approximate surface area is 260 Å². The van der Waals surface area contributed by atoms with E-state index in [1.54, 1.807) is 40.6 Å². The highest BCUT2D eigenvalue weighted by molar-refractivity contribution is 7.15. The number of hydrogen-bond donors (Lipinski definition) is 3. The molecule has 13 heteroatoms. The number of fused-ring (bicyclic) bond motifs is 3. The fraction of sp³-hybridized carbons (Fsp3) is 0.452. The van der Waals surface area contributed by atoms with Gasteiger partial charge < -0.3 is 34.9 Å². The van der Waals surface area contributed by atoms with E-state index in [0.29, 0.717) is 77.5 Å². The summed E-state index contributed by atoms with van der Waals surface area (Å²) in [6, 6.07) is 6.81. The first-order valence-corrected chi connectivity index (χ1v) is 15.2. The topological polar surface area (TPSA) is 150 Å².